The van der Waals surface area contributed by atoms with Crippen LogP contribution in [0.1, 0.15) is 6.42 Å². The van der Waals surface area contributed by atoms with Crippen molar-refractivity contribution in [2.75, 3.05) is 29.3 Å². The maximum Gasteiger partial charge on any atom is 0.407 e. The van der Waals surface area contributed by atoms with E-state index in [1.54, 1.807) is 48.5 Å². The van der Waals surface area contributed by atoms with Crippen LogP contribution in [0.4, 0.5) is 16.2 Å². The molecule has 2 atom stereocenters. The molecule has 2 aromatic rings. The molecule has 2 aliphatic heterocycles. The number of carbonyl (C=O) groups excluding carboxylic acids is 1. The number of anilines is 2. The maximum atomic E-state index is 12.5. The van der Waals surface area contributed by atoms with Crippen molar-refractivity contribution in [1.29, 1.82) is 0 Å². The van der Waals surface area contributed by atoms with Crippen molar-refractivity contribution >= 4 is 27.5 Å². The monoisotopic (exact) mass is 387 g/mol. The summed E-state index contributed by atoms with van der Waals surface area (Å²) in [5, 5.41) is 2.87. The van der Waals surface area contributed by atoms with Gasteiger partial charge in [-0.3, -0.25) is 4.72 Å². The second kappa shape index (κ2) is 7.11. The summed E-state index contributed by atoms with van der Waals surface area (Å²) in [5.41, 5.74) is 1.46. The lowest BCUT2D eigenvalue weighted by Gasteiger charge is -2.41. The number of ether oxygens (including phenoxy) is 1. The number of alkyl carbamates (subject to hydrolysis) is 1. The second-order valence-corrected chi connectivity index (χ2v) is 8.49. The topological polar surface area (TPSA) is 87.7 Å². The van der Waals surface area contributed by atoms with Crippen molar-refractivity contribution in [1.82, 2.24) is 5.32 Å². The summed E-state index contributed by atoms with van der Waals surface area (Å²) in [6.45, 7) is 2.00. The minimum absolute atomic E-state index is 0.0585. The predicted octanol–water partition coefficient (Wildman–Crippen LogP) is 2.42. The first kappa shape index (κ1) is 17.7. The average molecular weight is 387 g/mol. The fourth-order valence-electron chi connectivity index (χ4n) is 3.53. The zero-order valence-corrected chi connectivity index (χ0v) is 15.5. The number of para-hydroxylation sites is 1. The summed E-state index contributed by atoms with van der Waals surface area (Å²) in [6, 6.07) is 15.7. The Labute approximate surface area is 158 Å². The fourth-order valence-corrected chi connectivity index (χ4v) is 4.59. The van der Waals surface area contributed by atoms with Gasteiger partial charge in [0.25, 0.3) is 10.0 Å². The molecule has 0 saturated carbocycles. The summed E-state index contributed by atoms with van der Waals surface area (Å²) in [5.74, 6) is 0.327. The van der Waals surface area contributed by atoms with E-state index in [9.17, 15) is 13.2 Å². The molecule has 8 heteroatoms. The van der Waals surface area contributed by atoms with Gasteiger partial charge in [0.15, 0.2) is 0 Å². The Morgan fingerprint density at radius 3 is 2.56 bits per heavy atom. The molecule has 2 heterocycles. The van der Waals surface area contributed by atoms with Crippen LogP contribution < -0.4 is 14.9 Å². The molecule has 2 N–H and O–H groups in total. The van der Waals surface area contributed by atoms with E-state index < -0.39 is 10.0 Å². The third-order valence-electron chi connectivity index (χ3n) is 5.03. The van der Waals surface area contributed by atoms with Gasteiger partial charge in [-0.05, 0) is 42.8 Å². The lowest BCUT2D eigenvalue weighted by atomic mass is 9.91. The Hall–Kier alpha value is -2.74. The first-order valence-electron chi connectivity index (χ1n) is 8.87. The molecule has 7 nitrogen and oxygen atoms in total. The molecule has 0 aromatic heterocycles. The SMILES string of the molecule is O=C1N[C@@H]2CN(c3ccc(S(=O)(=O)Nc4ccccc4)cc3)CC[C@H]2CO1. The zero-order valence-electron chi connectivity index (χ0n) is 14.7. The highest BCUT2D eigenvalue weighted by molar-refractivity contribution is 7.92. The number of sulfonamides is 1. The number of nitrogens with zero attached hydrogens (tertiary/aromatic N) is 1. The van der Waals surface area contributed by atoms with Crippen molar-refractivity contribution in [2.24, 2.45) is 5.92 Å². The van der Waals surface area contributed by atoms with Gasteiger partial charge in [-0.15, -0.1) is 0 Å². The molecule has 2 aliphatic rings. The number of piperidine rings is 1. The molecular weight excluding hydrogens is 366 g/mol. The molecule has 2 fully saturated rings. The standard InChI is InChI=1S/C19H21N3O4S/c23-19-20-18-12-22(11-10-14(18)13-26-19)16-6-8-17(9-7-16)27(24,25)21-15-4-2-1-3-5-15/h1-9,14,18,21H,10-13H2,(H,20,23)/t14-,18+/m0/s1. The predicted molar refractivity (Wildman–Crippen MR) is 102 cm³/mol. The first-order chi connectivity index (χ1) is 13.0. The number of carbonyl (C=O) groups is 1. The van der Waals surface area contributed by atoms with Crippen LogP contribution >= 0.6 is 0 Å². The maximum absolute atomic E-state index is 12.5. The molecule has 142 valence electrons. The third-order valence-corrected chi connectivity index (χ3v) is 6.42. The molecule has 0 unspecified atom stereocenters. The Bertz CT molecular complexity index is 916. The highest BCUT2D eigenvalue weighted by Crippen LogP contribution is 2.27. The van der Waals surface area contributed by atoms with Gasteiger partial charge in [-0.1, -0.05) is 18.2 Å². The number of benzene rings is 2. The molecule has 0 bridgehead atoms. The minimum Gasteiger partial charge on any atom is -0.449 e. The average Bonchev–Trinajstić information content (AvgIpc) is 2.68. The van der Waals surface area contributed by atoms with E-state index >= 15 is 0 Å². The van der Waals surface area contributed by atoms with Gasteiger partial charge >= 0.3 is 6.09 Å². The number of nitrogens with one attached hydrogen (secondary N) is 2. The molecule has 0 radical (unpaired) electrons. The smallest absolute Gasteiger partial charge is 0.407 e. The summed E-state index contributed by atoms with van der Waals surface area (Å²) >= 11 is 0. The van der Waals surface area contributed by atoms with Crippen molar-refractivity contribution in [3.63, 3.8) is 0 Å². The van der Waals surface area contributed by atoms with E-state index in [1.807, 2.05) is 6.07 Å². The van der Waals surface area contributed by atoms with Crippen LogP contribution in [0.3, 0.4) is 0 Å². The lowest BCUT2D eigenvalue weighted by Crippen LogP contribution is -2.57. The van der Waals surface area contributed by atoms with E-state index in [2.05, 4.69) is 14.9 Å². The Morgan fingerprint density at radius 2 is 1.81 bits per heavy atom. The molecular formula is C19H21N3O4S. The summed E-state index contributed by atoms with van der Waals surface area (Å²) < 4.78 is 32.7. The van der Waals surface area contributed by atoms with Crippen LogP contribution in [-0.2, 0) is 14.8 Å². The highest BCUT2D eigenvalue weighted by atomic mass is 32.2. The van der Waals surface area contributed by atoms with Crippen LogP contribution in [-0.4, -0.2) is 40.2 Å². The van der Waals surface area contributed by atoms with Gasteiger partial charge in [-0.25, -0.2) is 13.2 Å². The molecule has 4 rings (SSSR count). The fraction of sp³-hybridized carbons (Fsp3) is 0.316. The number of fused-ring (bicyclic) bond motifs is 1. The molecule has 2 aromatic carbocycles. The summed E-state index contributed by atoms with van der Waals surface area (Å²) in [7, 11) is -3.63. The number of rotatable bonds is 4. The minimum atomic E-state index is -3.63. The quantitative estimate of drug-likeness (QED) is 0.841. The Kier molecular flexibility index (Phi) is 4.65. The van der Waals surface area contributed by atoms with Gasteiger partial charge in [0, 0.05) is 30.4 Å². The van der Waals surface area contributed by atoms with E-state index in [1.165, 1.54) is 0 Å². The van der Waals surface area contributed by atoms with Crippen molar-refractivity contribution in [3.05, 3.63) is 54.6 Å². The first-order valence-corrected chi connectivity index (χ1v) is 10.4. The third kappa shape index (κ3) is 3.85. The van der Waals surface area contributed by atoms with Gasteiger partial charge < -0.3 is 15.0 Å². The van der Waals surface area contributed by atoms with Crippen LogP contribution in [0.15, 0.2) is 59.5 Å². The largest absolute Gasteiger partial charge is 0.449 e. The summed E-state index contributed by atoms with van der Waals surface area (Å²) in [6.07, 6.45) is 0.548. The van der Waals surface area contributed by atoms with Gasteiger partial charge in [-0.2, -0.15) is 0 Å². The second-order valence-electron chi connectivity index (χ2n) is 6.81. The lowest BCUT2D eigenvalue weighted by molar-refractivity contribution is 0.0733. The van der Waals surface area contributed by atoms with Crippen LogP contribution in [0.25, 0.3) is 0 Å². The van der Waals surface area contributed by atoms with E-state index in [4.69, 9.17) is 4.74 Å². The van der Waals surface area contributed by atoms with Gasteiger partial charge in [0.2, 0.25) is 0 Å². The normalized spacial score (nSPS) is 22.4. The van der Waals surface area contributed by atoms with Gasteiger partial charge in [0.05, 0.1) is 17.5 Å². The van der Waals surface area contributed by atoms with E-state index in [0.29, 0.717) is 24.8 Å². The molecule has 1 amide bonds. The van der Waals surface area contributed by atoms with Crippen LogP contribution in [0.2, 0.25) is 0 Å². The van der Waals surface area contributed by atoms with Crippen molar-refractivity contribution < 1.29 is 17.9 Å². The van der Waals surface area contributed by atoms with Crippen molar-refractivity contribution in [2.45, 2.75) is 17.4 Å². The van der Waals surface area contributed by atoms with Gasteiger partial charge in [0.1, 0.15) is 0 Å². The van der Waals surface area contributed by atoms with Crippen LogP contribution in [0, 0.1) is 5.92 Å². The van der Waals surface area contributed by atoms with E-state index in [-0.39, 0.29) is 17.0 Å². The molecule has 2 saturated heterocycles. The highest BCUT2D eigenvalue weighted by Gasteiger charge is 2.35. The number of amides is 1. The number of hydrogen-bond donors (Lipinski definition) is 2. The Balaban J connectivity index is 1.46. The van der Waals surface area contributed by atoms with E-state index in [0.717, 1.165) is 18.7 Å². The zero-order chi connectivity index (χ0) is 18.9. The summed E-state index contributed by atoms with van der Waals surface area (Å²) in [4.78, 5) is 13.8. The molecule has 27 heavy (non-hydrogen) atoms. The Morgan fingerprint density at radius 1 is 1.07 bits per heavy atom. The molecule has 0 aliphatic carbocycles. The number of hydrogen-bond acceptors (Lipinski definition) is 5. The van der Waals surface area contributed by atoms with Crippen molar-refractivity contribution in [3.8, 4) is 0 Å². The van der Waals surface area contributed by atoms with Crippen LogP contribution in [0.5, 0.6) is 0 Å². The molecule has 0 spiro atoms. The number of cyclic esters (lactones) is 1.